The number of halogens is 1. The summed E-state index contributed by atoms with van der Waals surface area (Å²) in [5.41, 5.74) is 0.419. The third-order valence-corrected chi connectivity index (χ3v) is 5.43. The summed E-state index contributed by atoms with van der Waals surface area (Å²) in [6, 6.07) is 7.50. The second-order valence-electron chi connectivity index (χ2n) is 6.58. The Morgan fingerprint density at radius 3 is 2.65 bits per heavy atom. The van der Waals surface area contributed by atoms with Crippen LogP contribution in [0.4, 0.5) is 4.39 Å². The maximum absolute atomic E-state index is 13.0. The standard InChI is InChI=1S/C17H26FNS/c1-4-11-19-15-9-10-17(2,3)12-16(15)20-14-7-5-13(18)6-8-14/h5-8,15-16,19H,4,9-12H2,1-3H3. The van der Waals surface area contributed by atoms with Crippen LogP contribution in [-0.4, -0.2) is 17.8 Å². The zero-order valence-electron chi connectivity index (χ0n) is 12.8. The van der Waals surface area contributed by atoms with Gasteiger partial charge in [-0.25, -0.2) is 4.39 Å². The van der Waals surface area contributed by atoms with Crippen molar-refractivity contribution in [2.45, 2.75) is 62.6 Å². The van der Waals surface area contributed by atoms with Crippen LogP contribution >= 0.6 is 11.8 Å². The Morgan fingerprint density at radius 2 is 2.00 bits per heavy atom. The van der Waals surface area contributed by atoms with Crippen molar-refractivity contribution in [3.8, 4) is 0 Å². The van der Waals surface area contributed by atoms with Gasteiger partial charge in [0.05, 0.1) is 0 Å². The lowest BCUT2D eigenvalue weighted by molar-refractivity contribution is 0.214. The summed E-state index contributed by atoms with van der Waals surface area (Å²) in [6.07, 6.45) is 4.92. The number of benzene rings is 1. The van der Waals surface area contributed by atoms with Gasteiger partial charge in [0.25, 0.3) is 0 Å². The second kappa shape index (κ2) is 6.95. The highest BCUT2D eigenvalue weighted by atomic mass is 32.2. The van der Waals surface area contributed by atoms with E-state index in [1.54, 1.807) is 12.1 Å². The van der Waals surface area contributed by atoms with E-state index in [9.17, 15) is 4.39 Å². The van der Waals surface area contributed by atoms with Crippen LogP contribution in [0.1, 0.15) is 46.5 Å². The first-order valence-electron chi connectivity index (χ1n) is 7.66. The van der Waals surface area contributed by atoms with Gasteiger partial charge in [-0.15, -0.1) is 11.8 Å². The quantitative estimate of drug-likeness (QED) is 0.832. The van der Waals surface area contributed by atoms with E-state index in [2.05, 4.69) is 26.1 Å². The van der Waals surface area contributed by atoms with Crippen molar-refractivity contribution in [2.24, 2.45) is 5.41 Å². The minimum atomic E-state index is -0.154. The van der Waals surface area contributed by atoms with Crippen molar-refractivity contribution >= 4 is 11.8 Å². The molecule has 0 aliphatic heterocycles. The molecule has 20 heavy (non-hydrogen) atoms. The molecular formula is C17H26FNS. The van der Waals surface area contributed by atoms with Crippen LogP contribution in [0.2, 0.25) is 0 Å². The zero-order chi connectivity index (χ0) is 14.6. The van der Waals surface area contributed by atoms with Gasteiger partial charge in [-0.05, 0) is 61.9 Å². The van der Waals surface area contributed by atoms with Crippen LogP contribution in [0, 0.1) is 11.2 Å². The third kappa shape index (κ3) is 4.49. The molecule has 3 heteroatoms. The third-order valence-electron chi connectivity index (χ3n) is 4.09. The fourth-order valence-corrected chi connectivity index (χ4v) is 4.47. The van der Waals surface area contributed by atoms with E-state index in [0.717, 1.165) is 6.54 Å². The number of nitrogens with one attached hydrogen (secondary N) is 1. The number of hydrogen-bond donors (Lipinski definition) is 1. The SMILES string of the molecule is CCCNC1CCC(C)(C)CC1Sc1ccc(F)cc1. The van der Waals surface area contributed by atoms with E-state index in [1.165, 1.54) is 30.6 Å². The summed E-state index contributed by atoms with van der Waals surface area (Å²) in [5.74, 6) is -0.154. The fourth-order valence-electron chi connectivity index (χ4n) is 2.90. The van der Waals surface area contributed by atoms with Crippen molar-refractivity contribution in [3.05, 3.63) is 30.1 Å². The molecule has 1 aromatic rings. The summed E-state index contributed by atoms with van der Waals surface area (Å²) in [4.78, 5) is 1.18. The van der Waals surface area contributed by atoms with E-state index in [-0.39, 0.29) is 5.82 Å². The van der Waals surface area contributed by atoms with Gasteiger partial charge in [-0.3, -0.25) is 0 Å². The highest BCUT2D eigenvalue weighted by molar-refractivity contribution is 8.00. The van der Waals surface area contributed by atoms with Crippen LogP contribution in [0.5, 0.6) is 0 Å². The second-order valence-corrected chi connectivity index (χ2v) is 7.89. The van der Waals surface area contributed by atoms with Crippen molar-refractivity contribution in [3.63, 3.8) is 0 Å². The molecule has 1 saturated carbocycles. The first-order chi connectivity index (χ1) is 9.50. The highest BCUT2D eigenvalue weighted by Gasteiger charge is 2.35. The molecule has 0 aromatic heterocycles. The molecule has 1 aliphatic rings. The lowest BCUT2D eigenvalue weighted by Gasteiger charge is -2.41. The molecular weight excluding hydrogens is 269 g/mol. The highest BCUT2D eigenvalue weighted by Crippen LogP contribution is 2.42. The predicted octanol–water partition coefficient (Wildman–Crippen LogP) is 4.86. The Bertz CT molecular complexity index is 416. The Labute approximate surface area is 126 Å². The van der Waals surface area contributed by atoms with Gasteiger partial charge in [0.2, 0.25) is 0 Å². The van der Waals surface area contributed by atoms with Crippen LogP contribution in [0.25, 0.3) is 0 Å². The van der Waals surface area contributed by atoms with Gasteiger partial charge in [0.15, 0.2) is 0 Å². The lowest BCUT2D eigenvalue weighted by atomic mass is 9.75. The lowest BCUT2D eigenvalue weighted by Crippen LogP contribution is -2.45. The molecule has 0 saturated heterocycles. The van der Waals surface area contributed by atoms with Crippen molar-refractivity contribution in [1.29, 1.82) is 0 Å². The van der Waals surface area contributed by atoms with E-state index < -0.39 is 0 Å². The summed E-state index contributed by atoms with van der Waals surface area (Å²) in [6.45, 7) is 8.02. The smallest absolute Gasteiger partial charge is 0.123 e. The minimum absolute atomic E-state index is 0.154. The molecule has 1 N–H and O–H groups in total. The van der Waals surface area contributed by atoms with Gasteiger partial charge >= 0.3 is 0 Å². The van der Waals surface area contributed by atoms with Gasteiger partial charge in [0.1, 0.15) is 5.82 Å². The molecule has 0 bridgehead atoms. The first-order valence-corrected chi connectivity index (χ1v) is 8.54. The molecule has 2 atom stereocenters. The van der Waals surface area contributed by atoms with Gasteiger partial charge in [-0.2, -0.15) is 0 Å². The molecule has 1 fully saturated rings. The molecule has 112 valence electrons. The van der Waals surface area contributed by atoms with Crippen LogP contribution in [-0.2, 0) is 0 Å². The molecule has 0 amide bonds. The van der Waals surface area contributed by atoms with Crippen molar-refractivity contribution in [1.82, 2.24) is 5.32 Å². The Morgan fingerprint density at radius 1 is 1.30 bits per heavy atom. The van der Waals surface area contributed by atoms with E-state index in [4.69, 9.17) is 0 Å². The van der Waals surface area contributed by atoms with Crippen LogP contribution in [0.15, 0.2) is 29.2 Å². The van der Waals surface area contributed by atoms with Crippen LogP contribution < -0.4 is 5.32 Å². The molecule has 1 aliphatic carbocycles. The molecule has 0 heterocycles. The molecule has 0 radical (unpaired) electrons. The summed E-state index contributed by atoms with van der Waals surface area (Å²) < 4.78 is 13.0. The van der Waals surface area contributed by atoms with E-state index in [0.29, 0.717) is 16.7 Å². The minimum Gasteiger partial charge on any atom is -0.313 e. The van der Waals surface area contributed by atoms with Gasteiger partial charge in [-0.1, -0.05) is 20.8 Å². The van der Waals surface area contributed by atoms with Gasteiger partial charge in [0, 0.05) is 16.2 Å². The normalized spacial score (nSPS) is 25.6. The summed E-state index contributed by atoms with van der Waals surface area (Å²) in [5, 5.41) is 4.28. The molecule has 0 spiro atoms. The predicted molar refractivity (Wildman–Crippen MR) is 85.8 cm³/mol. The van der Waals surface area contributed by atoms with E-state index in [1.807, 2.05) is 23.9 Å². The van der Waals surface area contributed by atoms with Gasteiger partial charge < -0.3 is 5.32 Å². The number of hydrogen-bond acceptors (Lipinski definition) is 2. The molecule has 2 rings (SSSR count). The largest absolute Gasteiger partial charge is 0.313 e. The summed E-state index contributed by atoms with van der Waals surface area (Å²) >= 11 is 1.90. The monoisotopic (exact) mass is 295 g/mol. The molecule has 1 aromatic carbocycles. The first kappa shape index (κ1) is 15.8. The Hall–Kier alpha value is -0.540. The summed E-state index contributed by atoms with van der Waals surface area (Å²) in [7, 11) is 0. The van der Waals surface area contributed by atoms with Crippen molar-refractivity contribution < 1.29 is 4.39 Å². The maximum Gasteiger partial charge on any atom is 0.123 e. The molecule has 1 nitrogen and oxygen atoms in total. The zero-order valence-corrected chi connectivity index (χ0v) is 13.6. The molecule has 2 unspecified atom stereocenters. The Balaban J connectivity index is 2.04. The average molecular weight is 295 g/mol. The van der Waals surface area contributed by atoms with Crippen molar-refractivity contribution in [2.75, 3.05) is 6.54 Å². The number of rotatable bonds is 5. The maximum atomic E-state index is 13.0. The Kier molecular flexibility index (Phi) is 5.50. The van der Waals surface area contributed by atoms with Crippen LogP contribution in [0.3, 0.4) is 0 Å². The van der Waals surface area contributed by atoms with E-state index >= 15 is 0 Å². The topological polar surface area (TPSA) is 12.0 Å². The fraction of sp³-hybridized carbons (Fsp3) is 0.647. The average Bonchev–Trinajstić information content (AvgIpc) is 2.40. The number of thioether (sulfide) groups is 1.